The summed E-state index contributed by atoms with van der Waals surface area (Å²) in [7, 11) is 0. The van der Waals surface area contributed by atoms with Crippen LogP contribution >= 0.6 is 23.2 Å². The monoisotopic (exact) mass is 366 g/mol. The second-order valence-corrected chi connectivity index (χ2v) is 5.21. The number of hydrogen-bond donors (Lipinski definition) is 2. The first kappa shape index (κ1) is 17.4. The van der Waals surface area contributed by atoms with Crippen LogP contribution in [0.4, 0.5) is 33.7 Å². The Hall–Kier alpha value is -1.99. The normalized spacial score (nSPS) is 11.2. The summed E-state index contributed by atoms with van der Waals surface area (Å²) in [5.74, 6) is -1.42. The van der Waals surface area contributed by atoms with E-state index in [2.05, 4.69) is 10.6 Å². The third kappa shape index (κ3) is 4.49. The molecule has 2 aromatic rings. The van der Waals surface area contributed by atoms with Gasteiger partial charge in [0.1, 0.15) is 5.82 Å². The van der Waals surface area contributed by atoms with Crippen LogP contribution in [0.3, 0.4) is 0 Å². The standard InChI is InChI=1S/C14H8Cl2F4N2O/c15-10-3-1-8(6-11(10)16)22-13(23)21-7-2-4-12(17)9(5-7)14(18,19)20/h1-6H,(H2,21,22,23). The summed E-state index contributed by atoms with van der Waals surface area (Å²) in [6.45, 7) is 0. The number of halogens is 6. The number of benzene rings is 2. The van der Waals surface area contributed by atoms with Crippen molar-refractivity contribution in [2.45, 2.75) is 6.18 Å². The lowest BCUT2D eigenvalue weighted by molar-refractivity contribution is -0.139. The SMILES string of the molecule is O=C(Nc1ccc(Cl)c(Cl)c1)Nc1ccc(F)c(C(F)(F)F)c1. The number of amides is 2. The molecule has 0 spiro atoms. The molecule has 0 bridgehead atoms. The summed E-state index contributed by atoms with van der Waals surface area (Å²) in [4.78, 5) is 11.8. The van der Waals surface area contributed by atoms with E-state index in [-0.39, 0.29) is 21.4 Å². The Balaban J connectivity index is 2.12. The minimum atomic E-state index is -4.86. The van der Waals surface area contributed by atoms with Gasteiger partial charge in [0.25, 0.3) is 0 Å². The summed E-state index contributed by atoms with van der Waals surface area (Å²) >= 11 is 11.5. The second kappa shape index (κ2) is 6.64. The van der Waals surface area contributed by atoms with Crippen molar-refractivity contribution in [3.05, 3.63) is 57.8 Å². The maximum Gasteiger partial charge on any atom is 0.419 e. The molecule has 9 heteroatoms. The molecule has 2 amide bonds. The van der Waals surface area contributed by atoms with Crippen LogP contribution in [0, 0.1) is 5.82 Å². The minimum absolute atomic E-state index is 0.200. The largest absolute Gasteiger partial charge is 0.419 e. The second-order valence-electron chi connectivity index (χ2n) is 4.40. The fraction of sp³-hybridized carbons (Fsp3) is 0.0714. The van der Waals surface area contributed by atoms with Gasteiger partial charge in [-0.1, -0.05) is 23.2 Å². The van der Waals surface area contributed by atoms with E-state index in [9.17, 15) is 22.4 Å². The number of urea groups is 1. The van der Waals surface area contributed by atoms with Gasteiger partial charge < -0.3 is 10.6 Å². The summed E-state index contributed by atoms with van der Waals surface area (Å²) in [5.41, 5.74) is -1.39. The van der Waals surface area contributed by atoms with E-state index in [0.717, 1.165) is 6.07 Å². The highest BCUT2D eigenvalue weighted by Crippen LogP contribution is 2.33. The van der Waals surface area contributed by atoms with Crippen LogP contribution in [-0.4, -0.2) is 6.03 Å². The molecule has 0 fully saturated rings. The van der Waals surface area contributed by atoms with Gasteiger partial charge in [-0.05, 0) is 36.4 Å². The molecule has 122 valence electrons. The van der Waals surface area contributed by atoms with E-state index in [0.29, 0.717) is 12.1 Å². The van der Waals surface area contributed by atoms with Crippen molar-refractivity contribution >= 4 is 40.6 Å². The Morgan fingerprint density at radius 3 is 2.04 bits per heavy atom. The molecule has 0 saturated heterocycles. The highest BCUT2D eigenvalue weighted by molar-refractivity contribution is 6.42. The molecule has 0 heterocycles. The van der Waals surface area contributed by atoms with Crippen LogP contribution in [-0.2, 0) is 6.18 Å². The number of carbonyl (C=O) groups excluding carboxylic acids is 1. The lowest BCUT2D eigenvalue weighted by Gasteiger charge is -2.12. The summed E-state index contributed by atoms with van der Waals surface area (Å²) < 4.78 is 51.0. The predicted molar refractivity (Wildman–Crippen MR) is 80.5 cm³/mol. The van der Waals surface area contributed by atoms with E-state index in [4.69, 9.17) is 23.2 Å². The maximum absolute atomic E-state index is 13.2. The van der Waals surface area contributed by atoms with Crippen molar-refractivity contribution in [3.63, 3.8) is 0 Å². The molecular weight excluding hydrogens is 359 g/mol. The van der Waals surface area contributed by atoms with Crippen molar-refractivity contribution in [1.82, 2.24) is 0 Å². The lowest BCUT2D eigenvalue weighted by atomic mass is 10.2. The van der Waals surface area contributed by atoms with Gasteiger partial charge in [-0.3, -0.25) is 0 Å². The third-order valence-electron chi connectivity index (χ3n) is 2.71. The molecule has 2 aromatic carbocycles. The number of anilines is 2. The van der Waals surface area contributed by atoms with Crippen molar-refractivity contribution in [2.24, 2.45) is 0 Å². The Labute approximate surface area is 138 Å². The number of alkyl halides is 3. The number of hydrogen-bond acceptors (Lipinski definition) is 1. The Morgan fingerprint density at radius 1 is 0.913 bits per heavy atom. The van der Waals surface area contributed by atoms with Crippen LogP contribution in [0.25, 0.3) is 0 Å². The first-order valence-electron chi connectivity index (χ1n) is 6.06. The molecular formula is C14H8Cl2F4N2O. The van der Waals surface area contributed by atoms with Gasteiger partial charge in [0.05, 0.1) is 15.6 Å². The molecule has 0 aliphatic heterocycles. The van der Waals surface area contributed by atoms with Crippen molar-refractivity contribution in [2.75, 3.05) is 10.6 Å². The zero-order valence-corrected chi connectivity index (χ0v) is 12.7. The van der Waals surface area contributed by atoms with E-state index >= 15 is 0 Å². The molecule has 23 heavy (non-hydrogen) atoms. The predicted octanol–water partition coefficient (Wildman–Crippen LogP) is 5.80. The van der Waals surface area contributed by atoms with Crippen molar-refractivity contribution < 1.29 is 22.4 Å². The van der Waals surface area contributed by atoms with Gasteiger partial charge >= 0.3 is 12.2 Å². The van der Waals surface area contributed by atoms with Gasteiger partial charge in [0.2, 0.25) is 0 Å². The average Bonchev–Trinajstić information content (AvgIpc) is 2.44. The van der Waals surface area contributed by atoms with Gasteiger partial charge in [0, 0.05) is 11.4 Å². The van der Waals surface area contributed by atoms with Crippen LogP contribution in [0.1, 0.15) is 5.56 Å². The van der Waals surface area contributed by atoms with Crippen LogP contribution in [0.15, 0.2) is 36.4 Å². The first-order valence-corrected chi connectivity index (χ1v) is 6.82. The molecule has 2 rings (SSSR count). The van der Waals surface area contributed by atoms with E-state index in [1.54, 1.807) is 0 Å². The molecule has 0 atom stereocenters. The van der Waals surface area contributed by atoms with Crippen LogP contribution < -0.4 is 10.6 Å². The zero-order valence-electron chi connectivity index (χ0n) is 11.1. The minimum Gasteiger partial charge on any atom is -0.308 e. The van der Waals surface area contributed by atoms with Crippen LogP contribution in [0.5, 0.6) is 0 Å². The summed E-state index contributed by atoms with van der Waals surface area (Å²) in [6.07, 6.45) is -4.86. The highest BCUT2D eigenvalue weighted by Gasteiger charge is 2.34. The van der Waals surface area contributed by atoms with Crippen molar-refractivity contribution in [3.8, 4) is 0 Å². The Bertz CT molecular complexity index is 750. The smallest absolute Gasteiger partial charge is 0.308 e. The average molecular weight is 367 g/mol. The maximum atomic E-state index is 13.2. The van der Waals surface area contributed by atoms with E-state index in [1.807, 2.05) is 0 Å². The van der Waals surface area contributed by atoms with E-state index in [1.165, 1.54) is 18.2 Å². The highest BCUT2D eigenvalue weighted by atomic mass is 35.5. The number of carbonyl (C=O) groups is 1. The van der Waals surface area contributed by atoms with E-state index < -0.39 is 23.6 Å². The quantitative estimate of drug-likeness (QED) is 0.648. The third-order valence-corrected chi connectivity index (χ3v) is 3.45. The summed E-state index contributed by atoms with van der Waals surface area (Å²) in [5, 5.41) is 5.02. The summed E-state index contributed by atoms with van der Waals surface area (Å²) in [6, 6.07) is 5.59. The Kier molecular flexibility index (Phi) is 5.01. The lowest BCUT2D eigenvalue weighted by Crippen LogP contribution is -2.20. The number of nitrogens with one attached hydrogen (secondary N) is 2. The molecule has 0 unspecified atom stereocenters. The topological polar surface area (TPSA) is 41.1 Å². The molecule has 0 aliphatic carbocycles. The molecule has 0 radical (unpaired) electrons. The van der Waals surface area contributed by atoms with Gasteiger partial charge in [0.15, 0.2) is 0 Å². The fourth-order valence-corrected chi connectivity index (χ4v) is 1.99. The van der Waals surface area contributed by atoms with Gasteiger partial charge in [-0.15, -0.1) is 0 Å². The zero-order chi connectivity index (χ0) is 17.2. The Morgan fingerprint density at radius 2 is 1.48 bits per heavy atom. The first-order chi connectivity index (χ1) is 10.7. The molecule has 3 nitrogen and oxygen atoms in total. The van der Waals surface area contributed by atoms with Crippen molar-refractivity contribution in [1.29, 1.82) is 0 Å². The molecule has 0 aliphatic rings. The fourth-order valence-electron chi connectivity index (χ4n) is 1.69. The van der Waals surface area contributed by atoms with Gasteiger partial charge in [-0.2, -0.15) is 13.2 Å². The molecule has 0 saturated carbocycles. The molecule has 0 aromatic heterocycles. The van der Waals surface area contributed by atoms with Crippen LogP contribution in [0.2, 0.25) is 10.0 Å². The molecule has 2 N–H and O–H groups in total. The number of rotatable bonds is 2. The van der Waals surface area contributed by atoms with Gasteiger partial charge in [-0.25, -0.2) is 9.18 Å².